The van der Waals surface area contributed by atoms with Crippen LogP contribution in [0.25, 0.3) is 0 Å². The van der Waals surface area contributed by atoms with E-state index in [-0.39, 0.29) is 24.3 Å². The molecular weight excluding hydrogens is 540 g/mol. The van der Waals surface area contributed by atoms with E-state index in [1.54, 1.807) is 24.1 Å². The number of carbonyl (C=O) groups is 2. The summed E-state index contributed by atoms with van der Waals surface area (Å²) >= 11 is 6.73. The molecule has 10 heteroatoms. The van der Waals surface area contributed by atoms with Crippen LogP contribution >= 0.6 is 11.6 Å². The van der Waals surface area contributed by atoms with Gasteiger partial charge >= 0.3 is 0 Å². The van der Waals surface area contributed by atoms with Crippen LogP contribution in [0.4, 0.5) is 17.1 Å². The van der Waals surface area contributed by atoms with Crippen molar-refractivity contribution < 1.29 is 14.1 Å². The predicted octanol–water partition coefficient (Wildman–Crippen LogP) is 5.02. The molecule has 2 aromatic carbocycles. The lowest BCUT2D eigenvalue weighted by molar-refractivity contribution is -0.115. The highest BCUT2D eigenvalue weighted by Crippen LogP contribution is 2.40. The van der Waals surface area contributed by atoms with Crippen molar-refractivity contribution >= 4 is 40.5 Å². The second kappa shape index (κ2) is 11.0. The van der Waals surface area contributed by atoms with Gasteiger partial charge in [-0.25, -0.2) is 0 Å². The summed E-state index contributed by atoms with van der Waals surface area (Å²) in [5.41, 5.74) is 6.70. The molecule has 1 saturated heterocycles. The second-order valence-electron chi connectivity index (χ2n) is 10.5. The minimum atomic E-state index is -0.153. The molecular formula is C31H31ClN6O3. The monoisotopic (exact) mass is 570 g/mol. The van der Waals surface area contributed by atoms with Crippen LogP contribution in [0.15, 0.2) is 65.4 Å². The van der Waals surface area contributed by atoms with Crippen LogP contribution < -0.4 is 15.1 Å². The van der Waals surface area contributed by atoms with E-state index in [4.69, 9.17) is 16.1 Å². The first-order chi connectivity index (χ1) is 19.8. The Bertz CT molecular complexity index is 1610. The second-order valence-corrected chi connectivity index (χ2v) is 10.9. The van der Waals surface area contributed by atoms with Crippen molar-refractivity contribution in [3.63, 3.8) is 0 Å². The Morgan fingerprint density at radius 3 is 2.56 bits per heavy atom. The van der Waals surface area contributed by atoms with Crippen LogP contribution in [0.1, 0.15) is 44.5 Å². The number of benzene rings is 2. The van der Waals surface area contributed by atoms with Gasteiger partial charge in [0.1, 0.15) is 5.76 Å². The smallest absolute Gasteiger partial charge is 0.258 e. The normalized spacial score (nSPS) is 17.2. The first-order valence-electron chi connectivity index (χ1n) is 13.6. The minimum absolute atomic E-state index is 0.0262. The number of anilines is 3. The number of rotatable bonds is 5. The number of nitrogens with one attached hydrogen (secondary N) is 1. The van der Waals surface area contributed by atoms with Gasteiger partial charge in [0.2, 0.25) is 5.91 Å². The third-order valence-electron chi connectivity index (χ3n) is 8.04. The molecule has 2 aromatic heterocycles. The Hall–Kier alpha value is -4.21. The number of para-hydroxylation sites is 1. The Balaban J connectivity index is 1.18. The van der Waals surface area contributed by atoms with Crippen molar-refractivity contribution in [1.82, 2.24) is 15.0 Å². The molecule has 4 aromatic rings. The average molecular weight is 571 g/mol. The van der Waals surface area contributed by atoms with Gasteiger partial charge in [0.25, 0.3) is 5.91 Å². The Morgan fingerprint density at radius 1 is 1.05 bits per heavy atom. The van der Waals surface area contributed by atoms with Gasteiger partial charge in [0, 0.05) is 73.7 Å². The van der Waals surface area contributed by atoms with E-state index in [9.17, 15) is 9.59 Å². The van der Waals surface area contributed by atoms with Crippen molar-refractivity contribution in [2.24, 2.45) is 0 Å². The summed E-state index contributed by atoms with van der Waals surface area (Å²) in [5, 5.41) is 7.43. The number of amides is 2. The van der Waals surface area contributed by atoms with Crippen LogP contribution in [-0.4, -0.2) is 60.1 Å². The number of nitrogens with zero attached hydrogens (tertiary/aromatic N) is 5. The topological polar surface area (TPSA) is 94.8 Å². The molecule has 1 atom stereocenters. The lowest BCUT2D eigenvalue weighted by Gasteiger charge is -2.41. The van der Waals surface area contributed by atoms with Crippen molar-refractivity contribution in [1.29, 1.82) is 0 Å². The molecule has 9 nitrogen and oxygen atoms in total. The molecule has 2 aliphatic heterocycles. The third-order valence-corrected chi connectivity index (χ3v) is 8.35. The van der Waals surface area contributed by atoms with Crippen LogP contribution in [-0.2, 0) is 11.2 Å². The number of hydrogen-bond donors (Lipinski definition) is 1. The Morgan fingerprint density at radius 2 is 1.83 bits per heavy atom. The largest absolute Gasteiger partial charge is 0.368 e. The lowest BCUT2D eigenvalue weighted by atomic mass is 9.94. The van der Waals surface area contributed by atoms with Crippen molar-refractivity contribution in [3.8, 4) is 0 Å². The SMILES string of the molecule is Cc1noc(C)c1CC(=O)Nc1ccc(N2CCN(C3c4cnccc4C(=O)N(C)c4ccccc43)CC2)c(Cl)c1. The number of piperazine rings is 1. The van der Waals surface area contributed by atoms with Gasteiger partial charge in [-0.15, -0.1) is 0 Å². The maximum absolute atomic E-state index is 13.3. The first kappa shape index (κ1) is 27.0. The Labute approximate surface area is 243 Å². The molecule has 0 bridgehead atoms. The van der Waals surface area contributed by atoms with E-state index in [0.29, 0.717) is 22.0 Å². The van der Waals surface area contributed by atoms with E-state index >= 15 is 0 Å². The van der Waals surface area contributed by atoms with Gasteiger partial charge in [-0.2, -0.15) is 0 Å². The predicted molar refractivity (Wildman–Crippen MR) is 159 cm³/mol. The first-order valence-corrected chi connectivity index (χ1v) is 14.0. The summed E-state index contributed by atoms with van der Waals surface area (Å²) in [5.74, 6) is 0.469. The van der Waals surface area contributed by atoms with E-state index in [1.807, 2.05) is 56.6 Å². The third kappa shape index (κ3) is 5.07. The number of aromatic nitrogens is 2. The number of aryl methyl sites for hydroxylation is 2. The summed E-state index contributed by atoms with van der Waals surface area (Å²) in [6, 6.07) is 15.5. The van der Waals surface area contributed by atoms with Gasteiger partial charge < -0.3 is 19.6 Å². The maximum Gasteiger partial charge on any atom is 0.258 e. The van der Waals surface area contributed by atoms with E-state index < -0.39 is 0 Å². The number of fused-ring (bicyclic) bond motifs is 2. The average Bonchev–Trinajstić information content (AvgIpc) is 3.25. The standard InChI is InChI=1S/C31H31ClN6O3/c1-19-24(20(2)41-35-19)17-29(39)34-21-8-9-28(26(32)16-21)37-12-14-38(15-13-37)30-23-6-4-5-7-27(23)36(3)31(40)22-10-11-33-18-25(22)30/h4-11,16,18,30H,12-15,17H2,1-3H3,(H,34,39). The zero-order valence-electron chi connectivity index (χ0n) is 23.2. The maximum atomic E-state index is 13.3. The highest BCUT2D eigenvalue weighted by Gasteiger charge is 2.35. The van der Waals surface area contributed by atoms with Gasteiger partial charge in [0.05, 0.1) is 28.9 Å². The van der Waals surface area contributed by atoms with E-state index in [0.717, 1.165) is 59.9 Å². The zero-order valence-corrected chi connectivity index (χ0v) is 24.0. The number of halogens is 1. The molecule has 0 spiro atoms. The van der Waals surface area contributed by atoms with Gasteiger partial charge in [0.15, 0.2) is 0 Å². The van der Waals surface area contributed by atoms with E-state index in [1.165, 1.54) is 0 Å². The number of carbonyl (C=O) groups excluding carboxylic acids is 2. The summed E-state index contributed by atoms with van der Waals surface area (Å²) in [4.78, 5) is 36.8. The summed E-state index contributed by atoms with van der Waals surface area (Å²) in [6.45, 7) is 6.70. The van der Waals surface area contributed by atoms with Crippen LogP contribution in [0.2, 0.25) is 5.02 Å². The molecule has 41 heavy (non-hydrogen) atoms. The summed E-state index contributed by atoms with van der Waals surface area (Å²) in [7, 11) is 1.83. The molecule has 0 aliphatic carbocycles. The number of pyridine rings is 1. The zero-order chi connectivity index (χ0) is 28.7. The van der Waals surface area contributed by atoms with Gasteiger partial charge in [-0.3, -0.25) is 19.5 Å². The fraction of sp³-hybridized carbons (Fsp3) is 0.290. The fourth-order valence-corrected chi connectivity index (χ4v) is 6.18. The molecule has 0 radical (unpaired) electrons. The Kier molecular flexibility index (Phi) is 7.23. The summed E-state index contributed by atoms with van der Waals surface area (Å²) in [6.07, 6.45) is 3.70. The van der Waals surface area contributed by atoms with Crippen LogP contribution in [0.5, 0.6) is 0 Å². The van der Waals surface area contributed by atoms with E-state index in [2.05, 4.69) is 31.3 Å². The molecule has 210 valence electrons. The molecule has 4 heterocycles. The molecule has 1 unspecified atom stereocenters. The van der Waals surface area contributed by atoms with Crippen molar-refractivity contribution in [2.75, 3.05) is 48.3 Å². The summed E-state index contributed by atoms with van der Waals surface area (Å²) < 4.78 is 5.16. The number of hydrogen-bond acceptors (Lipinski definition) is 7. The quantitative estimate of drug-likeness (QED) is 0.360. The highest BCUT2D eigenvalue weighted by atomic mass is 35.5. The molecule has 2 aliphatic rings. The molecule has 2 amide bonds. The molecule has 1 N–H and O–H groups in total. The van der Waals surface area contributed by atoms with Crippen molar-refractivity contribution in [3.05, 3.63) is 99.7 Å². The molecule has 0 saturated carbocycles. The van der Waals surface area contributed by atoms with Gasteiger partial charge in [-0.05, 0) is 49.7 Å². The fourth-order valence-electron chi connectivity index (χ4n) is 5.88. The van der Waals surface area contributed by atoms with Crippen LogP contribution in [0, 0.1) is 13.8 Å². The molecule has 6 rings (SSSR count). The highest BCUT2D eigenvalue weighted by molar-refractivity contribution is 6.33. The minimum Gasteiger partial charge on any atom is -0.368 e. The molecule has 1 fully saturated rings. The lowest BCUT2D eigenvalue weighted by Crippen LogP contribution is -2.48. The van der Waals surface area contributed by atoms with Crippen LogP contribution in [0.3, 0.4) is 0 Å². The van der Waals surface area contributed by atoms with Crippen molar-refractivity contribution in [2.45, 2.75) is 26.3 Å². The van der Waals surface area contributed by atoms with Gasteiger partial charge in [-0.1, -0.05) is 35.0 Å².